The molecule has 2 N–H and O–H groups in total. The summed E-state index contributed by atoms with van der Waals surface area (Å²) in [5, 5.41) is 21.5. The Hall–Kier alpha value is -3.89. The summed E-state index contributed by atoms with van der Waals surface area (Å²) in [6, 6.07) is 9.99. The van der Waals surface area contributed by atoms with Crippen LogP contribution in [0.2, 0.25) is 0 Å². The average Bonchev–Trinajstić information content (AvgIpc) is 3.51. The van der Waals surface area contributed by atoms with E-state index in [0.717, 1.165) is 47.2 Å². The summed E-state index contributed by atoms with van der Waals surface area (Å²) in [6.45, 7) is 6.49. The number of carbonyl (C=O) groups is 1. The van der Waals surface area contributed by atoms with Crippen molar-refractivity contribution >= 4 is 38.6 Å². The monoisotopic (exact) mass is 556 g/mol. The van der Waals surface area contributed by atoms with Crippen LogP contribution in [-0.2, 0) is 31.4 Å². The number of hydrogen-bond donors (Lipinski definition) is 2. The number of aryl methyl sites for hydroxylation is 2. The molecule has 6 rings (SSSR count). The van der Waals surface area contributed by atoms with Gasteiger partial charge >= 0.3 is 5.97 Å². The number of aromatic nitrogens is 5. The standard InChI is InChI=1S/C30H32N6O3S/c1-4-18-9-19-5-6-26(37)32-25(19)16-36(14-18)15-22-11-21(10-20-7-8-40-29(20)22)23(12-27(38)39)24-13-31-30-28(17(24)2)33-34-35(30)3/h5-8,10-11,13,18,23H,4,9,12,14-16H2,1-3H3,(H,32,37)(H,38,39)/t18-,23?/m0/s1. The van der Waals surface area contributed by atoms with Crippen molar-refractivity contribution in [3.05, 3.63) is 85.8 Å². The highest BCUT2D eigenvalue weighted by Gasteiger charge is 2.26. The van der Waals surface area contributed by atoms with Crippen molar-refractivity contribution in [2.75, 3.05) is 6.54 Å². The number of thiophene rings is 1. The molecule has 4 aromatic heterocycles. The van der Waals surface area contributed by atoms with E-state index in [-0.39, 0.29) is 17.9 Å². The lowest BCUT2D eigenvalue weighted by Gasteiger charge is -2.25. The van der Waals surface area contributed by atoms with Crippen molar-refractivity contribution < 1.29 is 9.90 Å². The number of aromatic amines is 1. The van der Waals surface area contributed by atoms with E-state index in [9.17, 15) is 14.7 Å². The smallest absolute Gasteiger partial charge is 0.304 e. The molecule has 206 valence electrons. The first-order valence-corrected chi connectivity index (χ1v) is 14.5. The van der Waals surface area contributed by atoms with Gasteiger partial charge < -0.3 is 10.1 Å². The fourth-order valence-electron chi connectivity index (χ4n) is 6.08. The zero-order valence-electron chi connectivity index (χ0n) is 22.8. The van der Waals surface area contributed by atoms with Crippen molar-refractivity contribution in [2.45, 2.75) is 52.1 Å². The SMILES string of the molecule is CC[C@H]1Cc2ccc(=O)[nH]c2CN(Cc2cc(C(CC(=O)O)c3cnc4c(nnn4C)c3C)cc3ccsc23)C1. The van der Waals surface area contributed by atoms with Crippen LogP contribution in [-0.4, -0.2) is 47.5 Å². The van der Waals surface area contributed by atoms with Gasteiger partial charge in [0.1, 0.15) is 5.52 Å². The van der Waals surface area contributed by atoms with Gasteiger partial charge in [-0.1, -0.05) is 30.7 Å². The molecular formula is C30H32N6O3S. The maximum Gasteiger partial charge on any atom is 0.304 e. The fraction of sp³-hybridized carbons (Fsp3) is 0.367. The highest BCUT2D eigenvalue weighted by Crippen LogP contribution is 2.37. The molecule has 5 heterocycles. The molecule has 1 unspecified atom stereocenters. The Morgan fingerprint density at radius 1 is 1.27 bits per heavy atom. The highest BCUT2D eigenvalue weighted by atomic mass is 32.1. The van der Waals surface area contributed by atoms with Crippen LogP contribution >= 0.6 is 11.3 Å². The second-order valence-electron chi connectivity index (χ2n) is 10.9. The van der Waals surface area contributed by atoms with E-state index in [1.54, 1.807) is 35.3 Å². The number of nitrogens with zero attached hydrogens (tertiary/aromatic N) is 5. The van der Waals surface area contributed by atoms with Crippen molar-refractivity contribution in [1.82, 2.24) is 29.9 Å². The van der Waals surface area contributed by atoms with Crippen LogP contribution < -0.4 is 5.56 Å². The van der Waals surface area contributed by atoms with E-state index < -0.39 is 5.97 Å². The average molecular weight is 557 g/mol. The minimum absolute atomic E-state index is 0.0559. The summed E-state index contributed by atoms with van der Waals surface area (Å²) in [7, 11) is 1.80. The van der Waals surface area contributed by atoms with Crippen molar-refractivity contribution in [3.63, 3.8) is 0 Å². The first kappa shape index (κ1) is 26.3. The topological polar surface area (TPSA) is 117 Å². The summed E-state index contributed by atoms with van der Waals surface area (Å²) >= 11 is 1.71. The van der Waals surface area contributed by atoms with E-state index >= 15 is 0 Å². The van der Waals surface area contributed by atoms with Gasteiger partial charge in [-0.15, -0.1) is 16.4 Å². The van der Waals surface area contributed by atoms with E-state index in [1.807, 2.05) is 13.0 Å². The largest absolute Gasteiger partial charge is 0.481 e. The molecule has 40 heavy (non-hydrogen) atoms. The van der Waals surface area contributed by atoms with Crippen molar-refractivity contribution in [2.24, 2.45) is 13.0 Å². The first-order valence-electron chi connectivity index (χ1n) is 13.6. The molecule has 10 heteroatoms. The molecule has 0 bridgehead atoms. The van der Waals surface area contributed by atoms with E-state index in [2.05, 4.69) is 55.7 Å². The molecule has 0 saturated carbocycles. The minimum Gasteiger partial charge on any atom is -0.481 e. The third-order valence-electron chi connectivity index (χ3n) is 8.19. The number of H-pyrrole nitrogens is 1. The lowest BCUT2D eigenvalue weighted by atomic mass is 9.85. The van der Waals surface area contributed by atoms with Crippen LogP contribution in [0.4, 0.5) is 0 Å². The van der Waals surface area contributed by atoms with Crippen LogP contribution in [0, 0.1) is 12.8 Å². The third kappa shape index (κ3) is 4.93. The molecule has 9 nitrogen and oxygen atoms in total. The number of nitrogens with one attached hydrogen (secondary N) is 1. The Kier molecular flexibility index (Phi) is 6.97. The van der Waals surface area contributed by atoms with Crippen LogP contribution in [0.15, 0.2) is 46.7 Å². The van der Waals surface area contributed by atoms with Gasteiger partial charge in [0.25, 0.3) is 0 Å². The molecule has 0 saturated heterocycles. The van der Waals surface area contributed by atoms with Crippen molar-refractivity contribution in [1.29, 1.82) is 0 Å². The minimum atomic E-state index is -0.866. The number of fused-ring (bicyclic) bond motifs is 3. The molecule has 0 fully saturated rings. The number of aliphatic carboxylic acids is 1. The lowest BCUT2D eigenvalue weighted by molar-refractivity contribution is -0.137. The summed E-state index contributed by atoms with van der Waals surface area (Å²) in [5.74, 6) is -0.764. The zero-order chi connectivity index (χ0) is 28.0. The molecule has 0 amide bonds. The number of carboxylic acid groups (broad SMARTS) is 1. The predicted molar refractivity (Wildman–Crippen MR) is 156 cm³/mol. The lowest BCUT2D eigenvalue weighted by Crippen LogP contribution is -2.28. The van der Waals surface area contributed by atoms with Gasteiger partial charge in [0.05, 0.1) is 6.42 Å². The fourth-order valence-corrected chi connectivity index (χ4v) is 6.97. The Bertz CT molecular complexity index is 1790. The number of pyridine rings is 2. The molecule has 1 aromatic carbocycles. The highest BCUT2D eigenvalue weighted by molar-refractivity contribution is 7.17. The van der Waals surface area contributed by atoms with Gasteiger partial charge in [-0.3, -0.25) is 14.5 Å². The zero-order valence-corrected chi connectivity index (χ0v) is 23.7. The van der Waals surface area contributed by atoms with E-state index in [0.29, 0.717) is 30.2 Å². The maximum absolute atomic E-state index is 12.1. The van der Waals surface area contributed by atoms with E-state index in [4.69, 9.17) is 0 Å². The number of benzene rings is 1. The molecule has 0 aliphatic carbocycles. The summed E-state index contributed by atoms with van der Waals surface area (Å²) in [6.07, 6.45) is 3.73. The molecule has 5 aromatic rings. The summed E-state index contributed by atoms with van der Waals surface area (Å²) < 4.78 is 2.83. The van der Waals surface area contributed by atoms with Gasteiger partial charge in [0.15, 0.2) is 5.65 Å². The Morgan fingerprint density at radius 2 is 2.12 bits per heavy atom. The van der Waals surface area contributed by atoms with Gasteiger partial charge in [-0.25, -0.2) is 9.67 Å². The van der Waals surface area contributed by atoms with Crippen molar-refractivity contribution in [3.8, 4) is 0 Å². The normalized spacial score (nSPS) is 16.7. The number of rotatable bonds is 7. The Labute approximate surface area is 235 Å². The van der Waals surface area contributed by atoms with Gasteiger partial charge in [0.2, 0.25) is 5.56 Å². The van der Waals surface area contributed by atoms with Gasteiger partial charge in [0, 0.05) is 55.3 Å². The maximum atomic E-state index is 12.1. The Balaban J connectivity index is 1.42. The molecule has 0 radical (unpaired) electrons. The second kappa shape index (κ2) is 10.6. The van der Waals surface area contributed by atoms with E-state index in [1.165, 1.54) is 15.8 Å². The summed E-state index contributed by atoms with van der Waals surface area (Å²) in [5.41, 5.74) is 7.37. The summed E-state index contributed by atoms with van der Waals surface area (Å²) in [4.78, 5) is 34.3. The first-order chi connectivity index (χ1) is 19.3. The van der Waals surface area contributed by atoms with Crippen LogP contribution in [0.3, 0.4) is 0 Å². The molecule has 1 aliphatic rings. The van der Waals surface area contributed by atoms with Crippen LogP contribution in [0.5, 0.6) is 0 Å². The number of carboxylic acids is 1. The van der Waals surface area contributed by atoms with Gasteiger partial charge in [-0.05, 0) is 70.0 Å². The molecule has 1 aliphatic heterocycles. The number of hydrogen-bond acceptors (Lipinski definition) is 7. The third-order valence-corrected chi connectivity index (χ3v) is 9.20. The Morgan fingerprint density at radius 3 is 2.92 bits per heavy atom. The molecule has 0 spiro atoms. The van der Waals surface area contributed by atoms with Crippen LogP contribution in [0.25, 0.3) is 21.3 Å². The van der Waals surface area contributed by atoms with Crippen LogP contribution in [0.1, 0.15) is 59.2 Å². The predicted octanol–water partition coefficient (Wildman–Crippen LogP) is 4.77. The quantitative estimate of drug-likeness (QED) is 0.297. The second-order valence-corrected chi connectivity index (χ2v) is 11.8. The molecule has 2 atom stereocenters. The molecular weight excluding hydrogens is 524 g/mol. The van der Waals surface area contributed by atoms with Gasteiger partial charge in [-0.2, -0.15) is 0 Å².